The molecule has 2 heterocycles. The topological polar surface area (TPSA) is 32.3 Å². The van der Waals surface area contributed by atoms with Gasteiger partial charge in [0.05, 0.1) is 6.54 Å². The van der Waals surface area contributed by atoms with E-state index >= 15 is 0 Å². The zero-order valence-corrected chi connectivity index (χ0v) is 12.1. The summed E-state index contributed by atoms with van der Waals surface area (Å²) in [7, 11) is 4.32. The van der Waals surface area contributed by atoms with Gasteiger partial charge in [-0.05, 0) is 46.5 Å². The van der Waals surface area contributed by atoms with Gasteiger partial charge in [-0.2, -0.15) is 0 Å². The van der Waals surface area contributed by atoms with Gasteiger partial charge in [0.2, 0.25) is 0 Å². The monoisotopic (exact) mass is 268 g/mol. The highest BCUT2D eigenvalue weighted by molar-refractivity contribution is 6.29. The molecule has 4 nitrogen and oxygen atoms in total. The van der Waals surface area contributed by atoms with Crippen molar-refractivity contribution in [2.75, 3.05) is 27.2 Å². The predicted molar refractivity (Wildman–Crippen MR) is 73.8 cm³/mol. The molecular weight excluding hydrogens is 248 g/mol. The summed E-state index contributed by atoms with van der Waals surface area (Å²) in [5, 5.41) is 0.534. The molecule has 0 radical (unpaired) electrons. The van der Waals surface area contributed by atoms with Crippen molar-refractivity contribution in [2.45, 2.75) is 32.4 Å². The second-order valence-electron chi connectivity index (χ2n) is 5.22. The fraction of sp³-hybridized carbons (Fsp3) is 0.692. The lowest BCUT2D eigenvalue weighted by Crippen LogP contribution is -2.44. The molecule has 0 aliphatic carbocycles. The van der Waals surface area contributed by atoms with Gasteiger partial charge in [0.1, 0.15) is 11.0 Å². The smallest absolute Gasteiger partial charge is 0.144 e. The lowest BCUT2D eigenvalue weighted by Gasteiger charge is -2.35. The van der Waals surface area contributed by atoms with E-state index in [-0.39, 0.29) is 0 Å². The van der Waals surface area contributed by atoms with Crippen molar-refractivity contribution in [1.29, 1.82) is 0 Å². The number of hydrogen-bond acceptors (Lipinski definition) is 4. The summed E-state index contributed by atoms with van der Waals surface area (Å²) in [6.07, 6.45) is 2.52. The van der Waals surface area contributed by atoms with Gasteiger partial charge in [0.25, 0.3) is 0 Å². The third kappa shape index (κ3) is 3.64. The molecule has 1 aromatic rings. The number of halogens is 1. The summed E-state index contributed by atoms with van der Waals surface area (Å²) < 4.78 is 0. The molecule has 1 saturated heterocycles. The zero-order valence-electron chi connectivity index (χ0n) is 11.4. The van der Waals surface area contributed by atoms with Gasteiger partial charge in [-0.25, -0.2) is 9.97 Å². The van der Waals surface area contributed by atoms with Crippen LogP contribution in [0.1, 0.15) is 24.4 Å². The first-order chi connectivity index (χ1) is 8.54. The number of piperidine rings is 1. The van der Waals surface area contributed by atoms with E-state index in [0.717, 1.165) is 24.6 Å². The van der Waals surface area contributed by atoms with Crippen LogP contribution in [0.15, 0.2) is 6.07 Å². The Morgan fingerprint density at radius 1 is 1.50 bits per heavy atom. The quantitative estimate of drug-likeness (QED) is 0.785. The van der Waals surface area contributed by atoms with E-state index in [1.54, 1.807) is 6.07 Å². The number of likely N-dealkylation sites (N-methyl/N-ethyl adjacent to an activating group) is 2. The Hall–Kier alpha value is -0.710. The van der Waals surface area contributed by atoms with Gasteiger partial charge >= 0.3 is 0 Å². The highest BCUT2D eigenvalue weighted by Gasteiger charge is 2.21. The van der Waals surface area contributed by atoms with Gasteiger partial charge in [0.15, 0.2) is 0 Å². The van der Waals surface area contributed by atoms with Crippen molar-refractivity contribution in [3.8, 4) is 0 Å². The van der Waals surface area contributed by atoms with E-state index in [4.69, 9.17) is 11.6 Å². The number of rotatable bonds is 3. The van der Waals surface area contributed by atoms with E-state index in [0.29, 0.717) is 11.2 Å². The normalized spacial score (nSPS) is 21.5. The summed E-state index contributed by atoms with van der Waals surface area (Å²) in [5.74, 6) is 0.815. The maximum Gasteiger partial charge on any atom is 0.144 e. The number of likely N-dealkylation sites (tertiary alicyclic amines) is 1. The van der Waals surface area contributed by atoms with Crippen LogP contribution in [-0.2, 0) is 6.54 Å². The molecule has 0 N–H and O–H groups in total. The zero-order chi connectivity index (χ0) is 13.1. The molecule has 1 aliphatic rings. The molecule has 0 saturated carbocycles. The van der Waals surface area contributed by atoms with Gasteiger partial charge in [-0.1, -0.05) is 11.6 Å². The minimum Gasteiger partial charge on any atom is -0.305 e. The van der Waals surface area contributed by atoms with Gasteiger partial charge < -0.3 is 4.90 Å². The Morgan fingerprint density at radius 3 is 2.94 bits per heavy atom. The Kier molecular flexibility index (Phi) is 4.54. The van der Waals surface area contributed by atoms with E-state index < -0.39 is 0 Å². The lowest BCUT2D eigenvalue weighted by atomic mass is 10.1. The first kappa shape index (κ1) is 13.7. The van der Waals surface area contributed by atoms with E-state index in [1.165, 1.54) is 19.4 Å². The van der Waals surface area contributed by atoms with Gasteiger partial charge in [-0.3, -0.25) is 4.90 Å². The largest absolute Gasteiger partial charge is 0.305 e. The van der Waals surface area contributed by atoms with E-state index in [1.807, 2.05) is 6.92 Å². The fourth-order valence-electron chi connectivity index (χ4n) is 2.51. The van der Waals surface area contributed by atoms with Crippen LogP contribution in [0.4, 0.5) is 0 Å². The maximum atomic E-state index is 5.96. The third-order valence-electron chi connectivity index (χ3n) is 3.48. The second-order valence-corrected chi connectivity index (χ2v) is 5.61. The molecule has 0 amide bonds. The molecule has 1 unspecified atom stereocenters. The molecule has 100 valence electrons. The van der Waals surface area contributed by atoms with Crippen LogP contribution in [0.3, 0.4) is 0 Å². The summed E-state index contributed by atoms with van der Waals surface area (Å²) in [5.41, 5.74) is 0.930. The number of hydrogen-bond donors (Lipinski definition) is 0. The summed E-state index contributed by atoms with van der Waals surface area (Å²) in [6.45, 7) is 5.04. The van der Waals surface area contributed by atoms with Crippen molar-refractivity contribution < 1.29 is 0 Å². The molecular formula is C13H21ClN4. The summed E-state index contributed by atoms with van der Waals surface area (Å²) in [4.78, 5) is 13.4. The fourth-order valence-corrected chi connectivity index (χ4v) is 2.77. The average Bonchev–Trinajstić information content (AvgIpc) is 2.27. The highest BCUT2D eigenvalue weighted by atomic mass is 35.5. The van der Waals surface area contributed by atoms with Crippen LogP contribution in [0, 0.1) is 6.92 Å². The Morgan fingerprint density at radius 2 is 2.28 bits per heavy atom. The highest BCUT2D eigenvalue weighted by Crippen LogP contribution is 2.15. The number of aromatic nitrogens is 2. The number of aryl methyl sites for hydroxylation is 1. The van der Waals surface area contributed by atoms with E-state index in [9.17, 15) is 0 Å². The van der Waals surface area contributed by atoms with Crippen LogP contribution in [0.25, 0.3) is 0 Å². The number of nitrogens with zero attached hydrogens (tertiary/aromatic N) is 4. The lowest BCUT2D eigenvalue weighted by molar-refractivity contribution is 0.127. The van der Waals surface area contributed by atoms with Crippen LogP contribution in [0.2, 0.25) is 5.15 Å². The third-order valence-corrected chi connectivity index (χ3v) is 3.68. The minimum absolute atomic E-state index is 0.534. The second kappa shape index (κ2) is 5.95. The molecule has 18 heavy (non-hydrogen) atoms. The van der Waals surface area contributed by atoms with Crippen LogP contribution in [-0.4, -0.2) is 53.0 Å². The minimum atomic E-state index is 0.534. The van der Waals surface area contributed by atoms with Crippen LogP contribution >= 0.6 is 11.6 Å². The van der Waals surface area contributed by atoms with Gasteiger partial charge in [0, 0.05) is 18.3 Å². The standard InChI is InChI=1S/C13H21ClN4/c1-10-7-12(14)16-13(15-10)9-18(3)11-5-4-6-17(2)8-11/h7,11H,4-6,8-9H2,1-3H3. The van der Waals surface area contributed by atoms with Crippen molar-refractivity contribution in [3.63, 3.8) is 0 Å². The Bertz CT molecular complexity index is 390. The summed E-state index contributed by atoms with van der Waals surface area (Å²) >= 11 is 5.96. The molecule has 1 aromatic heterocycles. The Labute approximate surface area is 114 Å². The first-order valence-corrected chi connectivity index (χ1v) is 6.81. The molecule has 0 aromatic carbocycles. The van der Waals surface area contributed by atoms with Crippen molar-refractivity contribution in [1.82, 2.24) is 19.8 Å². The maximum absolute atomic E-state index is 5.96. The molecule has 0 spiro atoms. The molecule has 1 atom stereocenters. The predicted octanol–water partition coefficient (Wildman–Crippen LogP) is 1.96. The molecule has 5 heteroatoms. The van der Waals surface area contributed by atoms with Crippen molar-refractivity contribution >= 4 is 11.6 Å². The molecule has 1 fully saturated rings. The van der Waals surface area contributed by atoms with Crippen molar-refractivity contribution in [2.24, 2.45) is 0 Å². The molecule has 2 rings (SSSR count). The van der Waals surface area contributed by atoms with Gasteiger partial charge in [-0.15, -0.1) is 0 Å². The van der Waals surface area contributed by atoms with Crippen molar-refractivity contribution in [3.05, 3.63) is 22.7 Å². The summed E-state index contributed by atoms with van der Waals surface area (Å²) in [6, 6.07) is 2.38. The molecule has 1 aliphatic heterocycles. The Balaban J connectivity index is 1.99. The molecule has 0 bridgehead atoms. The first-order valence-electron chi connectivity index (χ1n) is 6.43. The van der Waals surface area contributed by atoms with Crippen LogP contribution < -0.4 is 0 Å². The average molecular weight is 269 g/mol. The van der Waals surface area contributed by atoms with Crippen LogP contribution in [0.5, 0.6) is 0 Å². The SMILES string of the molecule is Cc1cc(Cl)nc(CN(C)C2CCCN(C)C2)n1. The van der Waals surface area contributed by atoms with E-state index in [2.05, 4.69) is 33.9 Å².